The van der Waals surface area contributed by atoms with E-state index in [1.54, 1.807) is 0 Å². The molecule has 0 unspecified atom stereocenters. The highest BCUT2D eigenvalue weighted by Gasteiger charge is 2.45. The fourth-order valence-electron chi connectivity index (χ4n) is 3.95. The largest absolute Gasteiger partial charge is 0.389 e. The summed E-state index contributed by atoms with van der Waals surface area (Å²) in [5.41, 5.74) is 2.11. The Kier molecular flexibility index (Phi) is 3.74. The number of piperidine rings is 1. The lowest BCUT2D eigenvalue weighted by Gasteiger charge is -2.48. The highest BCUT2D eigenvalue weighted by atomic mass is 16.3. The zero-order chi connectivity index (χ0) is 14.2. The van der Waals surface area contributed by atoms with Gasteiger partial charge in [0.1, 0.15) is 0 Å². The SMILES string of the molecule is CN(C)c1ccc([C@@H]2NCC[C@]3(O)CCCC[C@@H]23)cc1. The average Bonchev–Trinajstić information content (AvgIpc) is 2.46. The van der Waals surface area contributed by atoms with Crippen molar-refractivity contribution in [2.45, 2.75) is 43.7 Å². The minimum atomic E-state index is -0.436. The predicted molar refractivity (Wildman–Crippen MR) is 83.0 cm³/mol. The van der Waals surface area contributed by atoms with Crippen LogP contribution in [-0.2, 0) is 0 Å². The van der Waals surface area contributed by atoms with Crippen LogP contribution in [0.5, 0.6) is 0 Å². The Hall–Kier alpha value is -1.06. The number of anilines is 1. The Morgan fingerprint density at radius 3 is 2.60 bits per heavy atom. The van der Waals surface area contributed by atoms with Crippen LogP contribution in [0.2, 0.25) is 0 Å². The second kappa shape index (κ2) is 5.38. The van der Waals surface area contributed by atoms with Gasteiger partial charge in [0.15, 0.2) is 0 Å². The third-order valence-corrected chi connectivity index (χ3v) is 5.16. The second-order valence-corrected chi connectivity index (χ2v) is 6.62. The number of benzene rings is 1. The highest BCUT2D eigenvalue weighted by molar-refractivity contribution is 5.46. The standard InChI is InChI=1S/C17H26N2O/c1-19(2)14-8-6-13(7-9-14)16-15-5-3-4-10-17(15,20)11-12-18-16/h6-9,15-16,18,20H,3-5,10-12H2,1-2H3/t15-,16-,17+/m0/s1. The zero-order valence-corrected chi connectivity index (χ0v) is 12.6. The molecule has 1 heterocycles. The first kappa shape index (κ1) is 13.9. The maximum Gasteiger partial charge on any atom is 0.0706 e. The number of hydrogen-bond donors (Lipinski definition) is 2. The van der Waals surface area contributed by atoms with E-state index < -0.39 is 5.60 Å². The van der Waals surface area contributed by atoms with Crippen molar-refractivity contribution in [3.8, 4) is 0 Å². The minimum absolute atomic E-state index is 0.310. The van der Waals surface area contributed by atoms with Crippen LogP contribution in [0, 0.1) is 5.92 Å². The number of nitrogens with one attached hydrogen (secondary N) is 1. The molecule has 2 N–H and O–H groups in total. The molecule has 1 saturated heterocycles. The molecule has 0 amide bonds. The molecule has 1 aromatic carbocycles. The molecule has 20 heavy (non-hydrogen) atoms. The topological polar surface area (TPSA) is 35.5 Å². The van der Waals surface area contributed by atoms with E-state index in [9.17, 15) is 5.11 Å². The molecule has 3 nitrogen and oxygen atoms in total. The van der Waals surface area contributed by atoms with Gasteiger partial charge in [0.05, 0.1) is 5.60 Å². The Bertz CT molecular complexity index is 453. The molecule has 1 aliphatic heterocycles. The number of aliphatic hydroxyl groups is 1. The van der Waals surface area contributed by atoms with Crippen molar-refractivity contribution >= 4 is 5.69 Å². The van der Waals surface area contributed by atoms with Gasteiger partial charge >= 0.3 is 0 Å². The molecule has 3 heteroatoms. The van der Waals surface area contributed by atoms with Gasteiger partial charge in [0, 0.05) is 31.7 Å². The lowest BCUT2D eigenvalue weighted by atomic mass is 9.67. The maximum atomic E-state index is 10.9. The molecule has 0 spiro atoms. The summed E-state index contributed by atoms with van der Waals surface area (Å²) in [5.74, 6) is 0.371. The van der Waals surface area contributed by atoms with Crippen molar-refractivity contribution in [2.75, 3.05) is 25.5 Å². The van der Waals surface area contributed by atoms with E-state index in [-0.39, 0.29) is 0 Å². The molecule has 3 rings (SSSR count). The van der Waals surface area contributed by atoms with Crippen LogP contribution >= 0.6 is 0 Å². The van der Waals surface area contributed by atoms with Gasteiger partial charge in [-0.1, -0.05) is 25.0 Å². The first-order chi connectivity index (χ1) is 9.60. The summed E-state index contributed by atoms with van der Waals surface area (Å²) in [7, 11) is 4.13. The lowest BCUT2D eigenvalue weighted by molar-refractivity contribution is -0.0861. The Morgan fingerprint density at radius 1 is 1.15 bits per heavy atom. The van der Waals surface area contributed by atoms with Crippen LogP contribution in [-0.4, -0.2) is 31.3 Å². The van der Waals surface area contributed by atoms with Gasteiger partial charge in [-0.05, 0) is 43.5 Å². The zero-order valence-electron chi connectivity index (χ0n) is 12.6. The lowest BCUT2D eigenvalue weighted by Crippen LogP contribution is -2.53. The van der Waals surface area contributed by atoms with E-state index in [4.69, 9.17) is 0 Å². The van der Waals surface area contributed by atoms with Crippen LogP contribution in [0.15, 0.2) is 24.3 Å². The second-order valence-electron chi connectivity index (χ2n) is 6.62. The first-order valence-corrected chi connectivity index (χ1v) is 7.83. The summed E-state index contributed by atoms with van der Waals surface area (Å²) < 4.78 is 0. The molecule has 0 radical (unpaired) electrons. The molecule has 1 aliphatic carbocycles. The van der Waals surface area contributed by atoms with E-state index in [0.717, 1.165) is 25.8 Å². The maximum absolute atomic E-state index is 10.9. The number of fused-ring (bicyclic) bond motifs is 1. The summed E-state index contributed by atoms with van der Waals surface area (Å²) >= 11 is 0. The quantitative estimate of drug-likeness (QED) is 0.870. The van der Waals surface area contributed by atoms with Gasteiger partial charge in [0.2, 0.25) is 0 Å². The van der Waals surface area contributed by atoms with Crippen molar-refractivity contribution in [3.05, 3.63) is 29.8 Å². The van der Waals surface area contributed by atoms with Crippen LogP contribution in [0.4, 0.5) is 5.69 Å². The summed E-state index contributed by atoms with van der Waals surface area (Å²) in [6.45, 7) is 0.924. The molecule has 0 aromatic heterocycles. The molecule has 3 atom stereocenters. The van der Waals surface area contributed by atoms with Crippen molar-refractivity contribution in [3.63, 3.8) is 0 Å². The van der Waals surface area contributed by atoms with Crippen LogP contribution in [0.25, 0.3) is 0 Å². The molecular weight excluding hydrogens is 248 g/mol. The number of hydrogen-bond acceptors (Lipinski definition) is 3. The third kappa shape index (κ3) is 2.45. The fourth-order valence-corrected chi connectivity index (χ4v) is 3.95. The van der Waals surface area contributed by atoms with Gasteiger partial charge < -0.3 is 15.3 Å². The smallest absolute Gasteiger partial charge is 0.0706 e. The van der Waals surface area contributed by atoms with Crippen molar-refractivity contribution < 1.29 is 5.11 Å². The van der Waals surface area contributed by atoms with Crippen molar-refractivity contribution in [2.24, 2.45) is 5.92 Å². The highest BCUT2D eigenvalue weighted by Crippen LogP contribution is 2.45. The Labute approximate surface area is 122 Å². The van der Waals surface area contributed by atoms with Gasteiger partial charge in [-0.2, -0.15) is 0 Å². The van der Waals surface area contributed by atoms with E-state index in [1.165, 1.54) is 24.1 Å². The molecule has 110 valence electrons. The molecule has 0 bridgehead atoms. The fraction of sp³-hybridized carbons (Fsp3) is 0.647. The van der Waals surface area contributed by atoms with Crippen LogP contribution in [0.1, 0.15) is 43.7 Å². The Balaban J connectivity index is 1.84. The molecule has 2 aliphatic rings. The van der Waals surface area contributed by atoms with E-state index in [2.05, 4.69) is 48.6 Å². The van der Waals surface area contributed by atoms with E-state index in [1.807, 2.05) is 0 Å². The molecule has 1 aromatic rings. The first-order valence-electron chi connectivity index (χ1n) is 7.83. The van der Waals surface area contributed by atoms with E-state index >= 15 is 0 Å². The van der Waals surface area contributed by atoms with Gasteiger partial charge in [-0.3, -0.25) is 0 Å². The molecular formula is C17H26N2O. The van der Waals surface area contributed by atoms with Gasteiger partial charge in [0.25, 0.3) is 0 Å². The third-order valence-electron chi connectivity index (χ3n) is 5.16. The normalized spacial score (nSPS) is 33.5. The summed E-state index contributed by atoms with van der Waals surface area (Å²) in [6.07, 6.45) is 5.46. The summed E-state index contributed by atoms with van der Waals surface area (Å²) in [4.78, 5) is 2.12. The number of nitrogens with zero attached hydrogens (tertiary/aromatic N) is 1. The van der Waals surface area contributed by atoms with Crippen LogP contribution < -0.4 is 10.2 Å². The predicted octanol–water partition coefficient (Wildman–Crippen LogP) is 2.71. The summed E-state index contributed by atoms with van der Waals surface area (Å²) in [5, 5.41) is 14.6. The van der Waals surface area contributed by atoms with Crippen molar-refractivity contribution in [1.82, 2.24) is 5.32 Å². The summed E-state index contributed by atoms with van der Waals surface area (Å²) in [6, 6.07) is 9.09. The van der Waals surface area contributed by atoms with Gasteiger partial charge in [-0.15, -0.1) is 0 Å². The van der Waals surface area contributed by atoms with Gasteiger partial charge in [-0.25, -0.2) is 0 Å². The molecule has 2 fully saturated rings. The van der Waals surface area contributed by atoms with E-state index in [0.29, 0.717) is 12.0 Å². The number of rotatable bonds is 2. The molecule has 1 saturated carbocycles. The average molecular weight is 274 g/mol. The minimum Gasteiger partial charge on any atom is -0.389 e. The Morgan fingerprint density at radius 2 is 1.90 bits per heavy atom. The van der Waals surface area contributed by atoms with Crippen LogP contribution in [0.3, 0.4) is 0 Å². The van der Waals surface area contributed by atoms with Crippen molar-refractivity contribution in [1.29, 1.82) is 0 Å². The monoisotopic (exact) mass is 274 g/mol.